The van der Waals surface area contributed by atoms with Gasteiger partial charge in [0.1, 0.15) is 10.6 Å². The van der Waals surface area contributed by atoms with E-state index >= 15 is 0 Å². The van der Waals surface area contributed by atoms with Gasteiger partial charge in [-0.25, -0.2) is 8.42 Å². The second-order valence-corrected chi connectivity index (χ2v) is 7.90. The number of rotatable bonds is 10. The summed E-state index contributed by atoms with van der Waals surface area (Å²) in [7, 11) is -3.78. The van der Waals surface area contributed by atoms with Crippen LogP contribution < -0.4 is 10.1 Å². The Hall–Kier alpha value is -2.13. The zero-order valence-corrected chi connectivity index (χ0v) is 17.3. The van der Waals surface area contributed by atoms with Crippen molar-refractivity contribution >= 4 is 27.6 Å². The van der Waals surface area contributed by atoms with E-state index in [1.54, 1.807) is 34.6 Å². The maximum atomic E-state index is 12.9. The minimum absolute atomic E-state index is 0.0231. The predicted octanol–water partition coefficient (Wildman–Crippen LogP) is 2.25. The molecule has 0 heterocycles. The molecule has 1 rings (SSSR count). The van der Waals surface area contributed by atoms with Crippen LogP contribution in [0.3, 0.4) is 0 Å². The van der Waals surface area contributed by atoms with Gasteiger partial charge in [0.25, 0.3) is 5.91 Å². The molecule has 0 aromatic heterocycles. The summed E-state index contributed by atoms with van der Waals surface area (Å²) < 4.78 is 37.4. The van der Waals surface area contributed by atoms with Crippen molar-refractivity contribution in [2.45, 2.75) is 39.5 Å². The quantitative estimate of drug-likeness (QED) is 0.605. The lowest BCUT2D eigenvalue weighted by atomic mass is 10.2. The number of nitrogens with zero attached hydrogens (tertiary/aromatic N) is 1. The first-order valence-electron chi connectivity index (χ1n) is 8.90. The summed E-state index contributed by atoms with van der Waals surface area (Å²) in [6, 6.07) is 4.38. The second-order valence-electron chi connectivity index (χ2n) is 5.99. The molecule has 0 radical (unpaired) electrons. The van der Waals surface area contributed by atoms with Gasteiger partial charge in [-0.1, -0.05) is 27.7 Å². The summed E-state index contributed by atoms with van der Waals surface area (Å²) in [4.78, 5) is 23.4. The maximum Gasteiger partial charge on any atom is 0.308 e. The molecule has 1 N–H and O–H groups in total. The van der Waals surface area contributed by atoms with Crippen LogP contribution in [0.25, 0.3) is 0 Å². The summed E-state index contributed by atoms with van der Waals surface area (Å²) >= 11 is 0. The second kappa shape index (κ2) is 10.3. The van der Waals surface area contributed by atoms with Gasteiger partial charge in [-0.05, 0) is 25.1 Å². The summed E-state index contributed by atoms with van der Waals surface area (Å²) in [6.45, 7) is 9.06. The van der Waals surface area contributed by atoms with Crippen LogP contribution in [0, 0.1) is 5.92 Å². The SMILES string of the molecule is CCOc1ccc(NC(=O)COC(=O)C(C)C)cc1S(=O)(=O)N(CC)CC. The predicted molar refractivity (Wildman–Crippen MR) is 102 cm³/mol. The Morgan fingerprint density at radius 1 is 1.15 bits per heavy atom. The molecular weight excluding hydrogens is 372 g/mol. The molecule has 27 heavy (non-hydrogen) atoms. The van der Waals surface area contributed by atoms with E-state index in [1.807, 2.05) is 0 Å². The van der Waals surface area contributed by atoms with Crippen molar-refractivity contribution in [3.05, 3.63) is 18.2 Å². The van der Waals surface area contributed by atoms with Gasteiger partial charge in [-0.15, -0.1) is 0 Å². The van der Waals surface area contributed by atoms with E-state index in [4.69, 9.17) is 9.47 Å². The molecule has 0 unspecified atom stereocenters. The molecule has 0 fully saturated rings. The number of benzene rings is 1. The van der Waals surface area contributed by atoms with Crippen molar-refractivity contribution in [1.82, 2.24) is 4.31 Å². The summed E-state index contributed by atoms with van der Waals surface area (Å²) in [5.41, 5.74) is 0.273. The van der Waals surface area contributed by atoms with Crippen molar-refractivity contribution in [1.29, 1.82) is 0 Å². The van der Waals surface area contributed by atoms with Crippen molar-refractivity contribution in [2.75, 3.05) is 31.6 Å². The zero-order chi connectivity index (χ0) is 20.6. The highest BCUT2D eigenvalue weighted by molar-refractivity contribution is 7.89. The molecule has 0 bridgehead atoms. The van der Waals surface area contributed by atoms with E-state index in [0.717, 1.165) is 0 Å². The maximum absolute atomic E-state index is 12.9. The Morgan fingerprint density at radius 2 is 1.78 bits per heavy atom. The average Bonchev–Trinajstić information content (AvgIpc) is 2.61. The van der Waals surface area contributed by atoms with Crippen molar-refractivity contribution in [2.24, 2.45) is 5.92 Å². The van der Waals surface area contributed by atoms with E-state index in [2.05, 4.69) is 5.32 Å². The van der Waals surface area contributed by atoms with Crippen LogP contribution in [-0.2, 0) is 24.3 Å². The molecule has 0 saturated carbocycles. The van der Waals surface area contributed by atoms with E-state index in [1.165, 1.54) is 22.5 Å². The van der Waals surface area contributed by atoms with Gasteiger partial charge in [0, 0.05) is 18.8 Å². The number of nitrogens with one attached hydrogen (secondary N) is 1. The lowest BCUT2D eigenvalue weighted by Crippen LogP contribution is -2.31. The average molecular weight is 400 g/mol. The number of amides is 1. The third kappa shape index (κ3) is 6.21. The van der Waals surface area contributed by atoms with Gasteiger partial charge in [-0.2, -0.15) is 4.31 Å². The van der Waals surface area contributed by atoms with Crippen LogP contribution in [-0.4, -0.2) is 50.9 Å². The summed E-state index contributed by atoms with van der Waals surface area (Å²) in [6.07, 6.45) is 0. The van der Waals surface area contributed by atoms with Crippen LogP contribution in [0.2, 0.25) is 0 Å². The third-order valence-electron chi connectivity index (χ3n) is 3.67. The fourth-order valence-corrected chi connectivity index (χ4v) is 3.88. The molecule has 1 amide bonds. The lowest BCUT2D eigenvalue weighted by molar-refractivity contribution is -0.150. The van der Waals surface area contributed by atoms with Gasteiger partial charge >= 0.3 is 5.97 Å². The van der Waals surface area contributed by atoms with Gasteiger partial charge < -0.3 is 14.8 Å². The normalized spacial score (nSPS) is 11.5. The van der Waals surface area contributed by atoms with E-state index < -0.39 is 28.5 Å². The number of hydrogen-bond acceptors (Lipinski definition) is 6. The minimum Gasteiger partial charge on any atom is -0.492 e. The van der Waals surface area contributed by atoms with Crippen molar-refractivity contribution in [3.8, 4) is 5.75 Å². The van der Waals surface area contributed by atoms with Crippen LogP contribution in [0.15, 0.2) is 23.1 Å². The topological polar surface area (TPSA) is 102 Å². The molecule has 0 saturated heterocycles. The number of ether oxygens (including phenoxy) is 2. The molecule has 0 aliphatic carbocycles. The van der Waals surface area contributed by atoms with E-state index in [-0.39, 0.29) is 22.3 Å². The molecule has 0 aliphatic rings. The molecule has 1 aromatic rings. The van der Waals surface area contributed by atoms with Crippen molar-refractivity contribution in [3.63, 3.8) is 0 Å². The zero-order valence-electron chi connectivity index (χ0n) is 16.4. The first kappa shape index (κ1) is 22.9. The standard InChI is InChI=1S/C18H28N2O6S/c1-6-20(7-2)27(23,24)16-11-14(9-10-15(16)25-8-3)19-17(21)12-26-18(22)13(4)5/h9-11,13H,6-8,12H2,1-5H3,(H,19,21). The van der Waals surface area contributed by atoms with Gasteiger partial charge in [0.2, 0.25) is 10.0 Å². The van der Waals surface area contributed by atoms with E-state index in [9.17, 15) is 18.0 Å². The van der Waals surface area contributed by atoms with Crippen LogP contribution in [0.4, 0.5) is 5.69 Å². The Kier molecular flexibility index (Phi) is 8.71. The minimum atomic E-state index is -3.78. The number of carbonyl (C=O) groups excluding carboxylic acids is 2. The Bertz CT molecular complexity index is 757. The fourth-order valence-electron chi connectivity index (χ4n) is 2.27. The molecule has 8 nitrogen and oxygen atoms in total. The highest BCUT2D eigenvalue weighted by atomic mass is 32.2. The molecule has 9 heteroatoms. The largest absolute Gasteiger partial charge is 0.492 e. The van der Waals surface area contributed by atoms with Gasteiger partial charge in [-0.3, -0.25) is 9.59 Å². The Morgan fingerprint density at radius 3 is 2.30 bits per heavy atom. The molecule has 0 atom stereocenters. The van der Waals surface area contributed by atoms with Crippen molar-refractivity contribution < 1.29 is 27.5 Å². The highest BCUT2D eigenvalue weighted by Crippen LogP contribution is 2.30. The number of carbonyl (C=O) groups is 2. The monoisotopic (exact) mass is 400 g/mol. The third-order valence-corrected chi connectivity index (χ3v) is 5.74. The van der Waals surface area contributed by atoms with Crippen LogP contribution >= 0.6 is 0 Å². The molecular formula is C18H28N2O6S. The van der Waals surface area contributed by atoms with Crippen LogP contribution in [0.1, 0.15) is 34.6 Å². The molecule has 152 valence electrons. The number of hydrogen-bond donors (Lipinski definition) is 1. The first-order chi connectivity index (χ1) is 12.7. The van der Waals surface area contributed by atoms with E-state index in [0.29, 0.717) is 19.7 Å². The van der Waals surface area contributed by atoms with Gasteiger partial charge in [0.15, 0.2) is 6.61 Å². The Balaban J connectivity index is 3.08. The lowest BCUT2D eigenvalue weighted by Gasteiger charge is -2.21. The number of sulfonamides is 1. The van der Waals surface area contributed by atoms with Gasteiger partial charge in [0.05, 0.1) is 12.5 Å². The molecule has 0 aliphatic heterocycles. The highest BCUT2D eigenvalue weighted by Gasteiger charge is 2.26. The summed E-state index contributed by atoms with van der Waals surface area (Å²) in [5.74, 6) is -1.16. The molecule has 0 spiro atoms. The smallest absolute Gasteiger partial charge is 0.308 e. The fraction of sp³-hybridized carbons (Fsp3) is 0.556. The number of esters is 1. The first-order valence-corrected chi connectivity index (χ1v) is 10.3. The molecule has 1 aromatic carbocycles. The number of anilines is 1. The summed E-state index contributed by atoms with van der Waals surface area (Å²) in [5, 5.41) is 2.54. The van der Waals surface area contributed by atoms with Crippen LogP contribution in [0.5, 0.6) is 5.75 Å². The Labute approximate surface area is 160 Å².